The van der Waals surface area contributed by atoms with E-state index in [2.05, 4.69) is 10.4 Å². The molecule has 0 atom stereocenters. The van der Waals surface area contributed by atoms with Crippen molar-refractivity contribution in [3.63, 3.8) is 0 Å². The Morgan fingerprint density at radius 1 is 1.12 bits per heavy atom. The van der Waals surface area contributed by atoms with Gasteiger partial charge in [0.2, 0.25) is 5.91 Å². The number of halogens is 1. The maximum Gasteiger partial charge on any atom is 0.307 e. The average Bonchev–Trinajstić information content (AvgIpc) is 3.00. The van der Waals surface area contributed by atoms with E-state index in [0.717, 1.165) is 28.1 Å². The molecule has 1 amide bonds. The maximum absolute atomic E-state index is 12.1. The van der Waals surface area contributed by atoms with E-state index in [1.807, 2.05) is 65.8 Å². The molecule has 2 N–H and O–H groups in total. The van der Waals surface area contributed by atoms with Crippen molar-refractivity contribution in [3.05, 3.63) is 81.3 Å². The molecule has 0 unspecified atom stereocenters. The number of aryl methyl sites for hydroxylation is 1. The first kappa shape index (κ1) is 26.9. The van der Waals surface area contributed by atoms with Gasteiger partial charge >= 0.3 is 5.97 Å². The summed E-state index contributed by atoms with van der Waals surface area (Å²) in [5, 5.41) is 16.9. The molecule has 6 nitrogen and oxygen atoms in total. The van der Waals surface area contributed by atoms with Crippen LogP contribution in [-0.2, 0) is 22.6 Å². The molecule has 0 saturated carbocycles. The summed E-state index contributed by atoms with van der Waals surface area (Å²) in [5.74, 6) is -1.09. The van der Waals surface area contributed by atoms with Gasteiger partial charge in [0.05, 0.1) is 18.7 Å². The summed E-state index contributed by atoms with van der Waals surface area (Å²) in [6.45, 7) is 12.0. The van der Waals surface area contributed by atoms with Crippen LogP contribution < -0.4 is 5.32 Å². The molecule has 1 aromatic heterocycles. The SMILES string of the molecule is C/C(=C\C=C(/C)NC(=O)/C=C/c1ccc(Cl)cc1)Cn1nc(C)c(CC(=O)O)c1C.CC. The number of carboxylic acid groups (broad SMARTS) is 1. The maximum atomic E-state index is 12.1. The highest BCUT2D eigenvalue weighted by Crippen LogP contribution is 2.15. The number of benzene rings is 1. The van der Waals surface area contributed by atoms with Crippen molar-refractivity contribution in [2.24, 2.45) is 0 Å². The number of allylic oxidation sites excluding steroid dienone is 4. The highest BCUT2D eigenvalue weighted by atomic mass is 35.5. The molecule has 1 heterocycles. The molecular weight excluding hydrogens is 426 g/mol. The third-order valence-corrected chi connectivity index (χ3v) is 4.75. The Kier molecular flexibility index (Phi) is 11.2. The molecule has 0 spiro atoms. The van der Waals surface area contributed by atoms with Gasteiger partial charge in [0.25, 0.3) is 0 Å². The molecule has 0 saturated heterocycles. The predicted molar refractivity (Wildman–Crippen MR) is 131 cm³/mol. The first-order valence-corrected chi connectivity index (χ1v) is 10.9. The summed E-state index contributed by atoms with van der Waals surface area (Å²) in [6, 6.07) is 7.21. The number of carbonyl (C=O) groups excluding carboxylic acids is 1. The second-order valence-electron chi connectivity index (χ2n) is 7.11. The first-order valence-electron chi connectivity index (χ1n) is 10.5. The lowest BCUT2D eigenvalue weighted by Gasteiger charge is -2.06. The van der Waals surface area contributed by atoms with Crippen molar-refractivity contribution in [1.82, 2.24) is 15.1 Å². The van der Waals surface area contributed by atoms with E-state index >= 15 is 0 Å². The lowest BCUT2D eigenvalue weighted by Crippen LogP contribution is -2.18. The second-order valence-corrected chi connectivity index (χ2v) is 7.55. The number of nitrogens with one attached hydrogen (secondary N) is 1. The summed E-state index contributed by atoms with van der Waals surface area (Å²) in [6.07, 6.45) is 6.89. The number of nitrogens with zero attached hydrogens (tertiary/aromatic N) is 2. The molecule has 0 fully saturated rings. The van der Waals surface area contributed by atoms with Crippen LogP contribution in [0, 0.1) is 13.8 Å². The summed E-state index contributed by atoms with van der Waals surface area (Å²) < 4.78 is 1.80. The van der Waals surface area contributed by atoms with Crippen LogP contribution in [0.3, 0.4) is 0 Å². The van der Waals surface area contributed by atoms with E-state index < -0.39 is 5.97 Å². The fourth-order valence-electron chi connectivity index (χ4n) is 2.87. The van der Waals surface area contributed by atoms with Gasteiger partial charge in [-0.2, -0.15) is 5.10 Å². The molecule has 0 aliphatic carbocycles. The summed E-state index contributed by atoms with van der Waals surface area (Å²) in [5.41, 5.74) is 4.95. The van der Waals surface area contributed by atoms with Gasteiger partial charge in [0.15, 0.2) is 0 Å². The van der Waals surface area contributed by atoms with Crippen LogP contribution in [0.5, 0.6) is 0 Å². The minimum atomic E-state index is -0.868. The lowest BCUT2D eigenvalue weighted by atomic mass is 10.1. The van der Waals surface area contributed by atoms with Gasteiger partial charge in [-0.1, -0.05) is 49.2 Å². The number of hydrogen-bond acceptors (Lipinski definition) is 3. The first-order chi connectivity index (χ1) is 15.2. The Morgan fingerprint density at radius 3 is 2.34 bits per heavy atom. The predicted octanol–water partition coefficient (Wildman–Crippen LogP) is 5.49. The van der Waals surface area contributed by atoms with Gasteiger partial charge in [0.1, 0.15) is 0 Å². The molecule has 1 aromatic carbocycles. The number of rotatable bonds is 8. The summed E-state index contributed by atoms with van der Waals surface area (Å²) in [4.78, 5) is 23.1. The molecular formula is C25H32ClN3O3. The zero-order valence-electron chi connectivity index (χ0n) is 19.6. The molecule has 172 valence electrons. The molecule has 2 rings (SSSR count). The third-order valence-electron chi connectivity index (χ3n) is 4.49. The third kappa shape index (κ3) is 8.94. The second kappa shape index (κ2) is 13.3. The smallest absolute Gasteiger partial charge is 0.307 e. The summed E-state index contributed by atoms with van der Waals surface area (Å²) >= 11 is 5.85. The molecule has 2 aromatic rings. The number of amides is 1. The van der Waals surface area contributed by atoms with Crippen molar-refractivity contribution in [3.8, 4) is 0 Å². The quantitative estimate of drug-likeness (QED) is 0.405. The normalized spacial score (nSPS) is 11.8. The Morgan fingerprint density at radius 2 is 1.75 bits per heavy atom. The number of hydrogen-bond donors (Lipinski definition) is 2. The zero-order valence-corrected chi connectivity index (χ0v) is 20.3. The van der Waals surface area contributed by atoms with Crippen LogP contribution >= 0.6 is 11.6 Å². The summed E-state index contributed by atoms with van der Waals surface area (Å²) in [7, 11) is 0. The van der Waals surface area contributed by atoms with E-state index in [-0.39, 0.29) is 12.3 Å². The van der Waals surface area contributed by atoms with Crippen LogP contribution in [0.25, 0.3) is 6.08 Å². The Balaban J connectivity index is 0.00000249. The van der Waals surface area contributed by atoms with Crippen LogP contribution in [0.2, 0.25) is 5.02 Å². The van der Waals surface area contributed by atoms with Crippen molar-refractivity contribution < 1.29 is 14.7 Å². The molecule has 0 bridgehead atoms. The monoisotopic (exact) mass is 457 g/mol. The van der Waals surface area contributed by atoms with E-state index in [0.29, 0.717) is 17.3 Å². The van der Waals surface area contributed by atoms with Crippen LogP contribution in [0.4, 0.5) is 0 Å². The number of aliphatic carboxylic acids is 1. The average molecular weight is 458 g/mol. The van der Waals surface area contributed by atoms with Crippen molar-refractivity contribution >= 4 is 29.6 Å². The van der Waals surface area contributed by atoms with Crippen LogP contribution in [0.1, 0.15) is 50.2 Å². The van der Waals surface area contributed by atoms with E-state index in [4.69, 9.17) is 16.7 Å². The van der Waals surface area contributed by atoms with Crippen molar-refractivity contribution in [1.29, 1.82) is 0 Å². The van der Waals surface area contributed by atoms with Gasteiger partial charge in [-0.05, 0) is 57.5 Å². The van der Waals surface area contributed by atoms with E-state index in [9.17, 15) is 9.59 Å². The molecule has 0 aliphatic heterocycles. The van der Waals surface area contributed by atoms with Gasteiger partial charge in [-0.25, -0.2) is 0 Å². The van der Waals surface area contributed by atoms with Gasteiger partial charge in [-0.15, -0.1) is 0 Å². The largest absolute Gasteiger partial charge is 0.481 e. The molecule has 0 radical (unpaired) electrons. The topological polar surface area (TPSA) is 84.2 Å². The number of carbonyl (C=O) groups is 2. The lowest BCUT2D eigenvalue weighted by molar-refractivity contribution is -0.136. The minimum absolute atomic E-state index is 0.0327. The van der Waals surface area contributed by atoms with Gasteiger partial charge in [-0.3, -0.25) is 14.3 Å². The van der Waals surface area contributed by atoms with Crippen molar-refractivity contribution in [2.45, 2.75) is 54.5 Å². The van der Waals surface area contributed by atoms with Crippen molar-refractivity contribution in [2.75, 3.05) is 0 Å². The molecule has 7 heteroatoms. The highest BCUT2D eigenvalue weighted by molar-refractivity contribution is 6.30. The zero-order chi connectivity index (χ0) is 24.3. The Labute approximate surface area is 195 Å². The fraction of sp³-hybridized carbons (Fsp3) is 0.320. The van der Waals surface area contributed by atoms with Crippen LogP contribution in [0.15, 0.2) is 53.8 Å². The number of aromatic nitrogens is 2. The molecule has 32 heavy (non-hydrogen) atoms. The van der Waals surface area contributed by atoms with Gasteiger partial charge in [0, 0.05) is 28.1 Å². The van der Waals surface area contributed by atoms with Crippen LogP contribution in [-0.4, -0.2) is 26.8 Å². The van der Waals surface area contributed by atoms with Gasteiger partial charge < -0.3 is 10.4 Å². The fourth-order valence-corrected chi connectivity index (χ4v) is 3.00. The standard InChI is InChI=1S/C23H26ClN3O3.C2H6/c1-15(14-27-18(4)21(13-23(29)30)17(3)26-27)5-6-16(2)25-22(28)12-9-19-7-10-20(24)11-8-19;1-2/h5-12H,13-14H2,1-4H3,(H,25,28)(H,29,30);1-2H3/b12-9+,15-5+,16-6+;. The Hall–Kier alpha value is -3.12. The Bertz CT molecular complexity index is 1020. The highest BCUT2D eigenvalue weighted by Gasteiger charge is 2.14. The van der Waals surface area contributed by atoms with E-state index in [1.54, 1.807) is 22.9 Å². The van der Waals surface area contributed by atoms with E-state index in [1.165, 1.54) is 6.08 Å². The molecule has 0 aliphatic rings. The number of carboxylic acids is 1. The minimum Gasteiger partial charge on any atom is -0.481 e.